The van der Waals surface area contributed by atoms with Crippen LogP contribution in [0.25, 0.3) is 0 Å². The second kappa shape index (κ2) is 21.5. The zero-order valence-corrected chi connectivity index (χ0v) is 51.2. The number of halogens is 4. The van der Waals surface area contributed by atoms with Crippen LogP contribution in [0.5, 0.6) is 11.5 Å². The Morgan fingerprint density at radius 1 is 0.500 bits per heavy atom. The molecule has 1 aromatic carbocycles. The van der Waals surface area contributed by atoms with Crippen LogP contribution >= 0.6 is 57.1 Å². The maximum Gasteiger partial charge on any atom is 0.380 e. The molecule has 2 saturated heterocycles. The van der Waals surface area contributed by atoms with E-state index < -0.39 is 136 Å². The van der Waals surface area contributed by atoms with Gasteiger partial charge in [-0.05, 0) is 187 Å². The fourth-order valence-corrected chi connectivity index (χ4v) is 14.4. The van der Waals surface area contributed by atoms with Gasteiger partial charge in [0.15, 0.2) is 62.1 Å². The smallest absolute Gasteiger partial charge is 0.380 e. The summed E-state index contributed by atoms with van der Waals surface area (Å²) in [4.78, 5) is 0. The average Bonchev–Trinajstić information content (AvgIpc) is 3.03. The van der Waals surface area contributed by atoms with Gasteiger partial charge in [-0.15, -0.1) is 0 Å². The third-order valence-electron chi connectivity index (χ3n) is 8.32. The molecular weight excluding hydrogens is 1060 g/mol. The Morgan fingerprint density at radius 2 is 0.766 bits per heavy atom. The predicted octanol–water partition coefficient (Wildman–Crippen LogP) is 11.1. The van der Waals surface area contributed by atoms with Crippen molar-refractivity contribution in [3.8, 4) is 11.5 Å². The lowest BCUT2D eigenvalue weighted by Crippen LogP contribution is -2.73. The fraction of sp³-hybridized carbons (Fsp3) is 0.833. The SMILES string of the molecule is C[Si](C)(C)O[C@H]1[C@H](O)[C@@H](COP(=O)(Cl)Cl)OC(Oc2ccc(OC3(O[Si](C)(C)C)O[C@H](COP(=O)(Cl)Cl)[C@@H](O)[C@H](O[Si](C)(C)C)[C@@H]3O[Si](C)(C)C)cc2)(O[Si](C)(C)C)[C@H]1O[Si](C)(C)C. The Labute approximate surface area is 405 Å². The van der Waals surface area contributed by atoms with Crippen molar-refractivity contribution in [3.05, 3.63) is 24.3 Å². The molecule has 0 amide bonds. The Morgan fingerprint density at radius 3 is 0.984 bits per heavy atom. The van der Waals surface area contributed by atoms with Gasteiger partial charge in [-0.25, -0.2) is 0 Å². The molecule has 0 aromatic heterocycles. The molecule has 10 atom stereocenters. The van der Waals surface area contributed by atoms with Gasteiger partial charge in [0.25, 0.3) is 0 Å². The second-order valence-electron chi connectivity index (χ2n) is 21.7. The van der Waals surface area contributed by atoms with E-state index in [-0.39, 0.29) is 11.5 Å². The first-order valence-corrected chi connectivity index (χ1v) is 48.3. The van der Waals surface area contributed by atoms with E-state index in [1.54, 1.807) is 24.3 Å². The number of ether oxygens (including phenoxy) is 4. The van der Waals surface area contributed by atoms with Crippen molar-refractivity contribution in [3.63, 3.8) is 0 Å². The number of benzene rings is 1. The predicted molar refractivity (Wildman–Crippen MR) is 267 cm³/mol. The molecule has 2 N–H and O–H groups in total. The van der Waals surface area contributed by atoms with E-state index >= 15 is 0 Å². The van der Waals surface area contributed by atoms with Crippen molar-refractivity contribution in [2.24, 2.45) is 0 Å². The number of hydrogen-bond donors (Lipinski definition) is 2. The van der Waals surface area contributed by atoms with Gasteiger partial charge in [0, 0.05) is 0 Å². The summed E-state index contributed by atoms with van der Waals surface area (Å²) in [7, 11) is -15.3. The van der Waals surface area contributed by atoms with Crippen LogP contribution in [-0.2, 0) is 54.2 Å². The molecule has 16 nitrogen and oxygen atoms in total. The summed E-state index contributed by atoms with van der Waals surface area (Å²) in [6.07, 6.45) is -17.9. The first-order valence-electron chi connectivity index (χ1n) is 21.0. The maximum atomic E-state index is 12.3. The van der Waals surface area contributed by atoms with Crippen molar-refractivity contribution >= 4 is 107 Å². The third kappa shape index (κ3) is 19.8. The summed E-state index contributed by atoms with van der Waals surface area (Å²) in [6, 6.07) is 6.44. The maximum absolute atomic E-state index is 12.3. The van der Waals surface area contributed by atoms with E-state index in [9.17, 15) is 19.3 Å². The van der Waals surface area contributed by atoms with E-state index in [0.29, 0.717) is 0 Å². The van der Waals surface area contributed by atoms with Gasteiger partial charge >= 0.3 is 24.1 Å². The fourth-order valence-electron chi connectivity index (χ4n) is 6.71. The van der Waals surface area contributed by atoms with Gasteiger partial charge in [0.05, 0.1) is 13.2 Å². The van der Waals surface area contributed by atoms with Crippen LogP contribution in [0.3, 0.4) is 0 Å². The monoisotopic (exact) mass is 1130 g/mol. The molecule has 2 heterocycles. The van der Waals surface area contributed by atoms with Gasteiger partial charge in [-0.3, -0.25) is 9.13 Å². The molecule has 1 aromatic rings. The topological polar surface area (TPSA) is 185 Å². The van der Waals surface area contributed by atoms with Crippen LogP contribution in [-0.4, -0.2) is 134 Å². The molecule has 0 aliphatic carbocycles. The van der Waals surface area contributed by atoms with Gasteiger partial charge in [0.2, 0.25) is 0 Å². The van der Waals surface area contributed by atoms with E-state index in [4.69, 9.17) is 99.5 Å². The molecule has 0 saturated carbocycles. The molecule has 0 bridgehead atoms. The van der Waals surface area contributed by atoms with Gasteiger partial charge < -0.3 is 64.8 Å². The lowest BCUT2D eigenvalue weighted by molar-refractivity contribution is -0.408. The van der Waals surface area contributed by atoms with Crippen LogP contribution in [0, 0.1) is 0 Å². The molecule has 374 valence electrons. The molecule has 0 radical (unpaired) electrons. The summed E-state index contributed by atoms with van der Waals surface area (Å²) >= 11 is 23.2. The Kier molecular flexibility index (Phi) is 20.1. The molecule has 0 spiro atoms. The van der Waals surface area contributed by atoms with E-state index in [0.717, 1.165) is 0 Å². The van der Waals surface area contributed by atoms with Gasteiger partial charge in [0.1, 0.15) is 48.1 Å². The summed E-state index contributed by atoms with van der Waals surface area (Å²) in [5, 5.41) is 23.8. The first-order chi connectivity index (χ1) is 28.4. The van der Waals surface area contributed by atoms with Crippen LogP contribution in [0.4, 0.5) is 0 Å². The van der Waals surface area contributed by atoms with Gasteiger partial charge in [-0.1, -0.05) is 0 Å². The second-order valence-corrected chi connectivity index (χ2v) is 57.0. The van der Waals surface area contributed by atoms with Crippen molar-refractivity contribution in [1.29, 1.82) is 0 Å². The van der Waals surface area contributed by atoms with E-state index in [1.807, 2.05) is 118 Å². The molecular formula is C36H72Cl4O16P2Si6. The summed E-state index contributed by atoms with van der Waals surface area (Å²) in [6.45, 7) is 34.3. The van der Waals surface area contributed by atoms with Gasteiger partial charge in [-0.2, -0.15) is 0 Å². The average molecular weight is 1130 g/mol. The Bertz CT molecular complexity index is 1650. The first kappa shape index (κ1) is 59.6. The minimum atomic E-state index is -4.07. The molecule has 2 aliphatic rings. The third-order valence-corrected chi connectivity index (χ3v) is 16.1. The summed E-state index contributed by atoms with van der Waals surface area (Å²) in [5.74, 6) is -3.68. The highest BCUT2D eigenvalue weighted by atomic mass is 35.9. The van der Waals surface area contributed by atoms with Crippen LogP contribution in [0.1, 0.15) is 0 Å². The molecule has 2 aliphatic heterocycles. The summed E-state index contributed by atoms with van der Waals surface area (Å²) in [5.41, 5.74) is 0. The Balaban J connectivity index is 2.27. The van der Waals surface area contributed by atoms with Crippen molar-refractivity contribution in [2.45, 2.75) is 179 Å². The van der Waals surface area contributed by atoms with Crippen LogP contribution in [0.15, 0.2) is 24.3 Å². The molecule has 2 fully saturated rings. The quantitative estimate of drug-likeness (QED) is 0.0634. The van der Waals surface area contributed by atoms with Crippen LogP contribution in [0.2, 0.25) is 118 Å². The van der Waals surface area contributed by atoms with E-state index in [1.165, 1.54) is 0 Å². The standard InChI is InChI=1S/C36H72Cl4O16P2Si6/c1-59(2,3)51-31-29(41)27(23-45-57(37,38)43)49-35(55-63(13,14)15,33(31)53-61(7,8)9)47-25-19-21-26(22-20-25)48-36(56-64(16,17)18)34(54-62(10,11)12)32(52-60(4,5)6)30(42)28(50-36)24-46-58(39,40)44/h19-22,27-34,41-42H,23-24H2,1-18H3/t27-,28-,29-,30-,31+,32+,33+,34+,35?,36?/m1/s1. The Hall–Kier alpha value is 1.26. The molecule has 3 rings (SSSR count). The highest BCUT2D eigenvalue weighted by Crippen LogP contribution is 2.59. The highest BCUT2D eigenvalue weighted by Gasteiger charge is 2.64. The normalized spacial score (nSPS) is 30.6. The van der Waals surface area contributed by atoms with Crippen LogP contribution < -0.4 is 9.47 Å². The largest absolute Gasteiger partial charge is 0.438 e. The van der Waals surface area contributed by atoms with Crippen molar-refractivity contribution < 1.29 is 73.9 Å². The lowest BCUT2D eigenvalue weighted by Gasteiger charge is -2.54. The zero-order chi connectivity index (χ0) is 49.5. The lowest BCUT2D eigenvalue weighted by atomic mass is 9.97. The van der Waals surface area contributed by atoms with Crippen molar-refractivity contribution in [1.82, 2.24) is 0 Å². The number of rotatable bonds is 22. The van der Waals surface area contributed by atoms with E-state index in [2.05, 4.69) is 0 Å². The summed E-state index contributed by atoms with van der Waals surface area (Å²) < 4.78 is 103. The number of aliphatic hydroxyl groups is 2. The number of hydrogen-bond acceptors (Lipinski definition) is 16. The number of aliphatic hydroxyl groups excluding tert-OH is 2. The highest BCUT2D eigenvalue weighted by molar-refractivity contribution is 8.05. The minimum Gasteiger partial charge on any atom is -0.438 e. The molecule has 28 heteroatoms. The zero-order valence-electron chi connectivity index (χ0n) is 40.4. The minimum absolute atomic E-state index is 0.221. The molecule has 2 unspecified atom stereocenters. The van der Waals surface area contributed by atoms with Crippen molar-refractivity contribution in [2.75, 3.05) is 13.2 Å². The molecule has 64 heavy (non-hydrogen) atoms.